The highest BCUT2D eigenvalue weighted by Gasteiger charge is 2.39. The van der Waals surface area contributed by atoms with Crippen molar-refractivity contribution in [3.8, 4) is 0 Å². The molecule has 0 atom stereocenters. The zero-order valence-electron chi connectivity index (χ0n) is 25.6. The van der Waals surface area contributed by atoms with Crippen LogP contribution in [0.15, 0.2) is 65.7 Å². The molecular formula is C33H34F3N5O4. The van der Waals surface area contributed by atoms with Gasteiger partial charge in [-0.2, -0.15) is 13.2 Å². The molecule has 1 fully saturated rings. The highest BCUT2D eigenvalue weighted by atomic mass is 19.4. The van der Waals surface area contributed by atoms with Crippen LogP contribution in [0.5, 0.6) is 0 Å². The van der Waals surface area contributed by atoms with Crippen molar-refractivity contribution >= 4 is 40.0 Å². The molecule has 0 saturated heterocycles. The number of nitrogens with one attached hydrogen (secondary N) is 2. The molecule has 1 heterocycles. The van der Waals surface area contributed by atoms with Crippen LogP contribution < -0.4 is 16.2 Å². The van der Waals surface area contributed by atoms with Crippen LogP contribution in [0.3, 0.4) is 0 Å². The topological polar surface area (TPSA) is 106 Å². The molecule has 5 rings (SSSR count). The van der Waals surface area contributed by atoms with Crippen molar-refractivity contribution in [1.82, 2.24) is 14.5 Å². The number of fused-ring (bicyclic) bond motifs is 1. The molecule has 45 heavy (non-hydrogen) atoms. The second-order valence-corrected chi connectivity index (χ2v) is 12.2. The van der Waals surface area contributed by atoms with Gasteiger partial charge >= 0.3 is 12.3 Å². The van der Waals surface area contributed by atoms with E-state index in [0.29, 0.717) is 40.8 Å². The number of rotatable bonds is 7. The summed E-state index contributed by atoms with van der Waals surface area (Å²) in [6.45, 7) is 6.65. The summed E-state index contributed by atoms with van der Waals surface area (Å²) >= 11 is 0. The standard InChI is InChI=1S/C33H34F3N5O4/c1-19-6-9-23(16-28(19)38-22-10-13-27-25(15-22)30(43)40(5)18-37-27)39-29(42)20-7-8-21(26(14-20)33(34,35)36)17-41(24-11-12-24)31(44)45-32(2,3)4/h6-10,13-16,18,24,38H,11-12,17H2,1-5H3,(H,39,42). The number of hydrogen-bond acceptors (Lipinski definition) is 6. The summed E-state index contributed by atoms with van der Waals surface area (Å²) in [6.07, 6.45) is -2.61. The predicted octanol–water partition coefficient (Wildman–Crippen LogP) is 7.16. The molecule has 0 aliphatic heterocycles. The molecule has 12 heteroatoms. The number of carbonyl (C=O) groups is 2. The molecule has 3 aromatic carbocycles. The van der Waals surface area contributed by atoms with Gasteiger partial charge in [-0.25, -0.2) is 9.78 Å². The number of amides is 2. The van der Waals surface area contributed by atoms with E-state index in [0.717, 1.165) is 11.6 Å². The summed E-state index contributed by atoms with van der Waals surface area (Å²) in [5.41, 5.74) is 0.691. The zero-order chi connectivity index (χ0) is 32.7. The van der Waals surface area contributed by atoms with Gasteiger partial charge in [0.2, 0.25) is 0 Å². The Morgan fingerprint density at radius 1 is 1.02 bits per heavy atom. The van der Waals surface area contributed by atoms with E-state index in [4.69, 9.17) is 4.74 Å². The van der Waals surface area contributed by atoms with Crippen LogP contribution in [-0.2, 0) is 24.5 Å². The molecule has 0 radical (unpaired) electrons. The average molecular weight is 622 g/mol. The van der Waals surface area contributed by atoms with Gasteiger partial charge in [0.25, 0.3) is 11.5 Å². The van der Waals surface area contributed by atoms with E-state index in [2.05, 4.69) is 15.6 Å². The molecule has 1 saturated carbocycles. The first kappa shape index (κ1) is 31.6. The number of hydrogen-bond donors (Lipinski definition) is 2. The van der Waals surface area contributed by atoms with Gasteiger partial charge in [0, 0.05) is 42.3 Å². The lowest BCUT2D eigenvalue weighted by Crippen LogP contribution is -2.38. The van der Waals surface area contributed by atoms with Crippen LogP contribution in [0.4, 0.5) is 35.0 Å². The summed E-state index contributed by atoms with van der Waals surface area (Å²) in [6, 6.07) is 13.4. The maximum Gasteiger partial charge on any atom is 0.416 e. The Balaban J connectivity index is 1.36. The fourth-order valence-corrected chi connectivity index (χ4v) is 4.83. The molecular weight excluding hydrogens is 587 g/mol. The molecule has 2 N–H and O–H groups in total. The van der Waals surface area contributed by atoms with Crippen LogP contribution >= 0.6 is 0 Å². The van der Waals surface area contributed by atoms with Gasteiger partial charge in [0.1, 0.15) is 5.60 Å². The Bertz CT molecular complexity index is 1840. The second kappa shape index (κ2) is 11.9. The number of ether oxygens (including phenoxy) is 1. The number of alkyl halides is 3. The largest absolute Gasteiger partial charge is 0.444 e. The monoisotopic (exact) mass is 621 g/mol. The van der Waals surface area contributed by atoms with Gasteiger partial charge in [-0.3, -0.25) is 9.59 Å². The summed E-state index contributed by atoms with van der Waals surface area (Å²) in [5.74, 6) is -0.728. The highest BCUT2D eigenvalue weighted by Crippen LogP contribution is 2.36. The lowest BCUT2D eigenvalue weighted by atomic mass is 10.0. The Hall–Kier alpha value is -4.87. The Morgan fingerprint density at radius 2 is 1.73 bits per heavy atom. The van der Waals surface area contributed by atoms with Crippen LogP contribution in [0.25, 0.3) is 10.9 Å². The molecule has 0 spiro atoms. The number of carbonyl (C=O) groups excluding carboxylic acids is 2. The molecule has 4 aromatic rings. The predicted molar refractivity (Wildman–Crippen MR) is 166 cm³/mol. The van der Waals surface area contributed by atoms with Gasteiger partial charge in [0.05, 0.1) is 22.8 Å². The van der Waals surface area contributed by atoms with E-state index >= 15 is 0 Å². The van der Waals surface area contributed by atoms with Gasteiger partial charge < -0.3 is 24.8 Å². The lowest BCUT2D eigenvalue weighted by molar-refractivity contribution is -0.138. The van der Waals surface area contributed by atoms with E-state index in [1.807, 2.05) is 6.92 Å². The van der Waals surface area contributed by atoms with Crippen molar-refractivity contribution in [3.05, 3.63) is 93.5 Å². The van der Waals surface area contributed by atoms with E-state index in [9.17, 15) is 27.6 Å². The van der Waals surface area contributed by atoms with Crippen molar-refractivity contribution in [3.63, 3.8) is 0 Å². The molecule has 0 bridgehead atoms. The minimum atomic E-state index is -4.76. The minimum Gasteiger partial charge on any atom is -0.444 e. The number of nitrogens with zero attached hydrogens (tertiary/aromatic N) is 3. The molecule has 1 aliphatic carbocycles. The quantitative estimate of drug-likeness (QED) is 0.227. The first-order chi connectivity index (χ1) is 21.1. The Morgan fingerprint density at radius 3 is 2.40 bits per heavy atom. The van der Waals surface area contributed by atoms with Crippen LogP contribution in [0, 0.1) is 6.92 Å². The number of aromatic nitrogens is 2. The summed E-state index contributed by atoms with van der Waals surface area (Å²) in [5, 5.41) is 6.35. The van der Waals surface area contributed by atoms with Crippen LogP contribution in [0.2, 0.25) is 0 Å². The maximum absolute atomic E-state index is 14.2. The first-order valence-electron chi connectivity index (χ1n) is 14.4. The molecule has 2 amide bonds. The molecule has 9 nitrogen and oxygen atoms in total. The third-order valence-corrected chi connectivity index (χ3v) is 7.33. The normalized spacial score (nSPS) is 13.4. The van der Waals surface area contributed by atoms with Crippen LogP contribution in [0.1, 0.15) is 60.7 Å². The van der Waals surface area contributed by atoms with E-state index in [1.165, 1.54) is 27.9 Å². The van der Waals surface area contributed by atoms with Crippen molar-refractivity contribution < 1.29 is 27.5 Å². The number of anilines is 3. The Kier molecular flexibility index (Phi) is 8.35. The van der Waals surface area contributed by atoms with Crippen molar-refractivity contribution in [2.24, 2.45) is 7.05 Å². The lowest BCUT2D eigenvalue weighted by Gasteiger charge is -2.28. The van der Waals surface area contributed by atoms with E-state index < -0.39 is 29.3 Å². The third kappa shape index (κ3) is 7.44. The summed E-state index contributed by atoms with van der Waals surface area (Å²) in [4.78, 5) is 44.0. The van der Waals surface area contributed by atoms with Gasteiger partial charge in [-0.05, 0) is 94.1 Å². The number of benzene rings is 3. The van der Waals surface area contributed by atoms with Gasteiger partial charge in [-0.1, -0.05) is 12.1 Å². The van der Waals surface area contributed by atoms with Crippen molar-refractivity contribution in [2.45, 2.75) is 64.9 Å². The van der Waals surface area contributed by atoms with Crippen molar-refractivity contribution in [2.75, 3.05) is 10.6 Å². The SMILES string of the molecule is Cc1ccc(NC(=O)c2ccc(CN(C(=O)OC(C)(C)C)C3CC3)c(C(F)(F)F)c2)cc1Nc1ccc2ncn(C)c(=O)c2c1. The summed E-state index contributed by atoms with van der Waals surface area (Å²) in [7, 11) is 1.61. The maximum atomic E-state index is 14.2. The highest BCUT2D eigenvalue weighted by molar-refractivity contribution is 6.04. The average Bonchev–Trinajstić information content (AvgIpc) is 3.79. The molecule has 1 aliphatic rings. The van der Waals surface area contributed by atoms with Gasteiger partial charge in [-0.15, -0.1) is 0 Å². The van der Waals surface area contributed by atoms with Crippen molar-refractivity contribution in [1.29, 1.82) is 0 Å². The zero-order valence-corrected chi connectivity index (χ0v) is 25.6. The number of aryl methyl sites for hydroxylation is 2. The third-order valence-electron chi connectivity index (χ3n) is 7.33. The van der Waals surface area contributed by atoms with E-state index in [1.54, 1.807) is 64.2 Å². The minimum absolute atomic E-state index is 0.126. The first-order valence-corrected chi connectivity index (χ1v) is 14.4. The fraction of sp³-hybridized carbons (Fsp3) is 0.333. The molecule has 236 valence electrons. The van der Waals surface area contributed by atoms with Gasteiger partial charge in [0.15, 0.2) is 0 Å². The fourth-order valence-electron chi connectivity index (χ4n) is 4.83. The second-order valence-electron chi connectivity index (χ2n) is 12.2. The summed E-state index contributed by atoms with van der Waals surface area (Å²) < 4.78 is 49.4. The number of halogens is 3. The Labute approximate surface area is 258 Å². The van der Waals surface area contributed by atoms with Crippen LogP contribution in [-0.4, -0.2) is 38.1 Å². The molecule has 0 unspecified atom stereocenters. The smallest absolute Gasteiger partial charge is 0.416 e. The molecule has 1 aromatic heterocycles. The van der Waals surface area contributed by atoms with E-state index in [-0.39, 0.29) is 29.3 Å².